The molecule has 0 saturated carbocycles. The van der Waals surface area contributed by atoms with E-state index in [9.17, 15) is 19.7 Å². The number of hydrogen-bond acceptors (Lipinski definition) is 6. The average Bonchev–Trinajstić information content (AvgIpc) is 2.74. The molecule has 9 heteroatoms. The third-order valence-corrected chi connectivity index (χ3v) is 4.55. The second-order valence-corrected chi connectivity index (χ2v) is 6.80. The van der Waals surface area contributed by atoms with Crippen LogP contribution in [0.15, 0.2) is 71.8 Å². The first-order valence-electron chi connectivity index (χ1n) is 9.00. The predicted molar refractivity (Wildman–Crippen MR) is 116 cm³/mol. The molecule has 156 valence electrons. The van der Waals surface area contributed by atoms with Crippen LogP contribution in [0.2, 0.25) is 5.02 Å². The third kappa shape index (κ3) is 5.52. The van der Waals surface area contributed by atoms with Crippen LogP contribution in [0.3, 0.4) is 0 Å². The highest BCUT2D eigenvalue weighted by Crippen LogP contribution is 2.20. The number of hydrogen-bond donors (Lipinski definition) is 1. The van der Waals surface area contributed by atoms with Crippen LogP contribution >= 0.6 is 11.6 Å². The number of nitrogens with one attached hydrogen (secondary N) is 1. The molecule has 1 N–H and O–H groups in total. The van der Waals surface area contributed by atoms with Crippen molar-refractivity contribution in [3.63, 3.8) is 0 Å². The van der Waals surface area contributed by atoms with E-state index in [1.165, 1.54) is 24.4 Å². The lowest BCUT2D eigenvalue weighted by atomic mass is 10.1. The molecule has 3 rings (SSSR count). The first-order chi connectivity index (χ1) is 14.8. The lowest BCUT2D eigenvalue weighted by Gasteiger charge is -2.06. The quantitative estimate of drug-likeness (QED) is 0.200. The Balaban J connectivity index is 1.60. The molecule has 0 aliphatic heterocycles. The van der Waals surface area contributed by atoms with Gasteiger partial charge in [0.25, 0.3) is 11.6 Å². The van der Waals surface area contributed by atoms with Crippen LogP contribution in [0.25, 0.3) is 0 Å². The van der Waals surface area contributed by atoms with Gasteiger partial charge < -0.3 is 4.74 Å². The van der Waals surface area contributed by atoms with Gasteiger partial charge in [-0.1, -0.05) is 23.7 Å². The summed E-state index contributed by atoms with van der Waals surface area (Å²) < 4.78 is 5.29. The number of rotatable bonds is 6. The monoisotopic (exact) mass is 437 g/mol. The van der Waals surface area contributed by atoms with Gasteiger partial charge in [-0.15, -0.1) is 0 Å². The molecule has 0 spiro atoms. The fourth-order valence-corrected chi connectivity index (χ4v) is 2.87. The van der Waals surface area contributed by atoms with Crippen molar-refractivity contribution in [1.29, 1.82) is 0 Å². The van der Waals surface area contributed by atoms with E-state index in [0.717, 1.165) is 0 Å². The Hall–Kier alpha value is -4.04. The number of amides is 1. The molecule has 0 bridgehead atoms. The summed E-state index contributed by atoms with van der Waals surface area (Å²) in [5.41, 5.74) is 3.86. The number of nitro groups is 1. The summed E-state index contributed by atoms with van der Waals surface area (Å²) in [7, 11) is 0. The number of nitrogens with zero attached hydrogens (tertiary/aromatic N) is 2. The van der Waals surface area contributed by atoms with Gasteiger partial charge in [-0.2, -0.15) is 5.10 Å². The van der Waals surface area contributed by atoms with E-state index in [2.05, 4.69) is 10.5 Å². The zero-order chi connectivity index (χ0) is 22.4. The van der Waals surface area contributed by atoms with Gasteiger partial charge in [0.15, 0.2) is 0 Å². The Morgan fingerprint density at radius 1 is 1.10 bits per heavy atom. The maximum atomic E-state index is 12.3. The lowest BCUT2D eigenvalue weighted by Crippen LogP contribution is -2.17. The molecule has 8 nitrogen and oxygen atoms in total. The Morgan fingerprint density at radius 3 is 2.45 bits per heavy atom. The second-order valence-electron chi connectivity index (χ2n) is 6.40. The average molecular weight is 438 g/mol. The number of benzene rings is 3. The number of carbonyl (C=O) groups is 2. The van der Waals surface area contributed by atoms with Crippen LogP contribution in [0.4, 0.5) is 5.69 Å². The topological polar surface area (TPSA) is 111 Å². The normalized spacial score (nSPS) is 10.6. The molecule has 0 unspecified atom stereocenters. The number of nitro benzene ring substituents is 1. The van der Waals surface area contributed by atoms with Gasteiger partial charge >= 0.3 is 5.97 Å². The number of halogens is 1. The molecular weight excluding hydrogens is 422 g/mol. The van der Waals surface area contributed by atoms with Crippen LogP contribution < -0.4 is 10.2 Å². The zero-order valence-corrected chi connectivity index (χ0v) is 17.0. The van der Waals surface area contributed by atoms with Crippen molar-refractivity contribution in [3.05, 3.63) is 104 Å². The van der Waals surface area contributed by atoms with Crippen molar-refractivity contribution in [2.45, 2.75) is 6.92 Å². The highest BCUT2D eigenvalue weighted by Gasteiger charge is 2.15. The van der Waals surface area contributed by atoms with Crippen LogP contribution in [0, 0.1) is 17.0 Å². The van der Waals surface area contributed by atoms with Gasteiger partial charge in [-0.25, -0.2) is 10.2 Å². The molecule has 1 amide bonds. The molecular formula is C22H16ClN3O5. The third-order valence-electron chi connectivity index (χ3n) is 4.22. The van der Waals surface area contributed by atoms with Crippen molar-refractivity contribution < 1.29 is 19.2 Å². The molecule has 3 aromatic carbocycles. The van der Waals surface area contributed by atoms with Crippen LogP contribution in [-0.4, -0.2) is 23.0 Å². The largest absolute Gasteiger partial charge is 0.423 e. The van der Waals surface area contributed by atoms with Gasteiger partial charge in [0.1, 0.15) is 5.75 Å². The summed E-state index contributed by atoms with van der Waals surface area (Å²) in [6.45, 7) is 1.55. The van der Waals surface area contributed by atoms with Crippen molar-refractivity contribution >= 4 is 35.4 Å². The van der Waals surface area contributed by atoms with Gasteiger partial charge in [-0.3, -0.25) is 14.9 Å². The van der Waals surface area contributed by atoms with Gasteiger partial charge in [0.2, 0.25) is 0 Å². The first kappa shape index (κ1) is 21.7. The minimum Gasteiger partial charge on any atom is -0.423 e. The summed E-state index contributed by atoms with van der Waals surface area (Å²) in [5.74, 6) is -0.782. The van der Waals surface area contributed by atoms with Gasteiger partial charge in [0, 0.05) is 11.6 Å². The Kier molecular flexibility index (Phi) is 6.74. The number of hydrazone groups is 1. The minimum absolute atomic E-state index is 0.0678. The SMILES string of the molecule is Cc1cc(C(=O)Oc2ccc(/C=N/NC(=O)c3ccccc3Cl)cc2)ccc1[N+](=O)[O-]. The van der Waals surface area contributed by atoms with E-state index in [4.69, 9.17) is 16.3 Å². The van der Waals surface area contributed by atoms with Crippen molar-refractivity contribution in [3.8, 4) is 5.75 Å². The summed E-state index contributed by atoms with van der Waals surface area (Å²) in [6, 6.07) is 17.1. The molecule has 31 heavy (non-hydrogen) atoms. The maximum absolute atomic E-state index is 12.3. The number of esters is 1. The summed E-state index contributed by atoms with van der Waals surface area (Å²) in [4.78, 5) is 34.7. The van der Waals surface area contributed by atoms with Crippen molar-refractivity contribution in [1.82, 2.24) is 5.43 Å². The van der Waals surface area contributed by atoms with Gasteiger partial charge in [0.05, 0.1) is 27.3 Å². The minimum atomic E-state index is -0.633. The molecule has 0 aliphatic carbocycles. The Bertz CT molecular complexity index is 1180. The molecule has 0 fully saturated rings. The highest BCUT2D eigenvalue weighted by atomic mass is 35.5. The Morgan fingerprint density at radius 2 is 1.81 bits per heavy atom. The zero-order valence-electron chi connectivity index (χ0n) is 16.2. The van der Waals surface area contributed by atoms with E-state index in [1.807, 2.05) is 0 Å². The fourth-order valence-electron chi connectivity index (χ4n) is 2.65. The highest BCUT2D eigenvalue weighted by molar-refractivity contribution is 6.33. The first-order valence-corrected chi connectivity index (χ1v) is 9.38. The molecule has 0 radical (unpaired) electrons. The Labute approximate surface area is 182 Å². The molecule has 0 saturated heterocycles. The van der Waals surface area contributed by atoms with E-state index >= 15 is 0 Å². The van der Waals surface area contributed by atoms with Crippen LogP contribution in [0.5, 0.6) is 5.75 Å². The van der Waals surface area contributed by atoms with Crippen LogP contribution in [0.1, 0.15) is 31.8 Å². The van der Waals surface area contributed by atoms with E-state index in [-0.39, 0.29) is 11.3 Å². The fraction of sp³-hybridized carbons (Fsp3) is 0.0455. The van der Waals surface area contributed by atoms with Crippen LogP contribution in [-0.2, 0) is 0 Å². The molecule has 0 aromatic heterocycles. The summed E-state index contributed by atoms with van der Waals surface area (Å²) in [6.07, 6.45) is 1.43. The number of carbonyl (C=O) groups excluding carboxylic acids is 2. The molecule has 0 aliphatic rings. The second kappa shape index (κ2) is 9.64. The number of ether oxygens (including phenoxy) is 1. The van der Waals surface area contributed by atoms with E-state index < -0.39 is 16.8 Å². The van der Waals surface area contributed by atoms with E-state index in [0.29, 0.717) is 27.5 Å². The molecule has 0 atom stereocenters. The predicted octanol–water partition coefficient (Wildman–Crippen LogP) is 4.54. The van der Waals surface area contributed by atoms with E-state index in [1.54, 1.807) is 55.5 Å². The standard InChI is InChI=1S/C22H16ClN3O5/c1-14-12-16(8-11-20(14)26(29)30)22(28)31-17-9-6-15(7-10-17)13-24-25-21(27)18-4-2-3-5-19(18)23/h2-13H,1H3,(H,25,27)/b24-13+. The van der Waals surface area contributed by atoms with Gasteiger partial charge in [-0.05, 0) is 61.0 Å². The van der Waals surface area contributed by atoms with Crippen molar-refractivity contribution in [2.24, 2.45) is 5.10 Å². The molecule has 0 heterocycles. The smallest absolute Gasteiger partial charge is 0.343 e. The van der Waals surface area contributed by atoms with Crippen molar-refractivity contribution in [2.75, 3.05) is 0 Å². The number of aryl methyl sites for hydroxylation is 1. The summed E-state index contributed by atoms with van der Waals surface area (Å²) in [5, 5.41) is 15.1. The summed E-state index contributed by atoms with van der Waals surface area (Å²) >= 11 is 5.96. The molecule has 3 aromatic rings. The lowest BCUT2D eigenvalue weighted by molar-refractivity contribution is -0.385. The maximum Gasteiger partial charge on any atom is 0.343 e.